The van der Waals surface area contributed by atoms with E-state index < -0.39 is 22.1 Å². The van der Waals surface area contributed by atoms with E-state index in [4.69, 9.17) is 38.8 Å². The van der Waals surface area contributed by atoms with Gasteiger partial charge in [-0.2, -0.15) is 0 Å². The number of benzene rings is 2. The van der Waals surface area contributed by atoms with Crippen LogP contribution in [0.1, 0.15) is 10.4 Å². The molecule has 2 aromatic rings. The average Bonchev–Trinajstić information content (AvgIpc) is 2.57. The zero-order valence-corrected chi connectivity index (χ0v) is 14.3. The van der Waals surface area contributed by atoms with Crippen LogP contribution in [0.5, 0.6) is 11.5 Å². The third-order valence-corrected chi connectivity index (χ3v) is 3.21. The predicted molar refractivity (Wildman–Crippen MR) is 95.8 cm³/mol. The van der Waals surface area contributed by atoms with Gasteiger partial charge < -0.3 is 15.6 Å². The number of aromatic carboxylic acids is 1. The van der Waals surface area contributed by atoms with Crippen molar-refractivity contribution >= 4 is 34.9 Å². The van der Waals surface area contributed by atoms with E-state index in [0.717, 1.165) is 12.1 Å². The lowest BCUT2D eigenvalue weighted by molar-refractivity contribution is -0.385. The number of ether oxygens (including phenoxy) is 1. The van der Waals surface area contributed by atoms with Crippen LogP contribution in [0, 0.1) is 10.1 Å². The van der Waals surface area contributed by atoms with Gasteiger partial charge in [-0.15, -0.1) is 6.58 Å². The van der Waals surface area contributed by atoms with Crippen molar-refractivity contribution in [3.05, 3.63) is 74.8 Å². The molecule has 0 spiro atoms. The largest absolute Gasteiger partial charge is 0.477 e. The van der Waals surface area contributed by atoms with Crippen LogP contribution in [0.15, 0.2) is 49.1 Å². The summed E-state index contributed by atoms with van der Waals surface area (Å²) in [6.45, 7) is 3.94. The Morgan fingerprint density at radius 3 is 2.44 bits per heavy atom. The molecule has 0 aliphatic heterocycles. The molecule has 3 N–H and O–H groups in total. The number of rotatable bonds is 5. The first-order chi connectivity index (χ1) is 11.8. The second-order valence-corrected chi connectivity index (χ2v) is 5.29. The minimum atomic E-state index is -1.42. The van der Waals surface area contributed by atoms with Crippen molar-refractivity contribution < 1.29 is 19.6 Å². The molecule has 0 saturated carbocycles. The third kappa shape index (κ3) is 6.07. The maximum atomic E-state index is 11.0. The van der Waals surface area contributed by atoms with Crippen molar-refractivity contribution in [3.8, 4) is 11.5 Å². The number of nitro groups is 1. The van der Waals surface area contributed by atoms with Crippen molar-refractivity contribution in [2.45, 2.75) is 0 Å². The summed E-state index contributed by atoms with van der Waals surface area (Å²) in [5, 5.41) is 20.4. The summed E-state index contributed by atoms with van der Waals surface area (Å²) < 4.78 is 5.41. The molecule has 0 unspecified atom stereocenters. The van der Waals surface area contributed by atoms with Crippen LogP contribution in [0.25, 0.3) is 0 Å². The summed E-state index contributed by atoms with van der Waals surface area (Å²) in [6, 6.07) is 7.92. The second-order valence-electron chi connectivity index (χ2n) is 4.44. The summed E-state index contributed by atoms with van der Waals surface area (Å²) in [5.74, 6) is -1.05. The van der Waals surface area contributed by atoms with Crippen molar-refractivity contribution in [1.82, 2.24) is 0 Å². The van der Waals surface area contributed by atoms with Gasteiger partial charge in [-0.3, -0.25) is 10.1 Å². The minimum Gasteiger partial charge on any atom is -0.477 e. The Morgan fingerprint density at radius 1 is 1.32 bits per heavy atom. The van der Waals surface area contributed by atoms with Crippen molar-refractivity contribution in [2.24, 2.45) is 5.73 Å². The Balaban J connectivity index is 0.000000705. The quantitative estimate of drug-likeness (QED) is 0.444. The molecule has 2 rings (SSSR count). The maximum Gasteiger partial charge on any atom is 0.342 e. The van der Waals surface area contributed by atoms with Gasteiger partial charge in [-0.25, -0.2) is 4.79 Å². The zero-order valence-electron chi connectivity index (χ0n) is 12.8. The molecule has 0 saturated heterocycles. The first kappa shape index (κ1) is 20.4. The number of hydrogen-bond acceptors (Lipinski definition) is 5. The number of halogens is 2. The van der Waals surface area contributed by atoms with Gasteiger partial charge in [0.15, 0.2) is 0 Å². The highest BCUT2D eigenvalue weighted by Gasteiger charge is 2.20. The fourth-order valence-corrected chi connectivity index (χ4v) is 2.04. The van der Waals surface area contributed by atoms with Crippen LogP contribution in [0.3, 0.4) is 0 Å². The van der Waals surface area contributed by atoms with Crippen LogP contribution in [-0.2, 0) is 0 Å². The van der Waals surface area contributed by atoms with Gasteiger partial charge in [0.2, 0.25) is 0 Å². The van der Waals surface area contributed by atoms with Crippen molar-refractivity contribution in [1.29, 1.82) is 0 Å². The number of nitrogens with two attached hydrogens (primary N) is 1. The number of carboxylic acid groups (broad SMARTS) is 1. The molecule has 2 aromatic carbocycles. The molecular weight excluding hydrogens is 371 g/mol. The molecule has 0 radical (unpaired) electrons. The molecule has 0 heterocycles. The van der Waals surface area contributed by atoms with E-state index in [9.17, 15) is 14.9 Å². The van der Waals surface area contributed by atoms with Crippen LogP contribution in [-0.4, -0.2) is 22.5 Å². The van der Waals surface area contributed by atoms with Gasteiger partial charge in [0.1, 0.15) is 17.1 Å². The lowest BCUT2D eigenvalue weighted by atomic mass is 10.1. The molecule has 0 fully saturated rings. The molecule has 25 heavy (non-hydrogen) atoms. The van der Waals surface area contributed by atoms with E-state index in [1.54, 1.807) is 12.1 Å². The van der Waals surface area contributed by atoms with E-state index in [0.29, 0.717) is 11.6 Å². The molecule has 7 nitrogen and oxygen atoms in total. The Bertz CT molecular complexity index is 796. The smallest absolute Gasteiger partial charge is 0.342 e. The second kappa shape index (κ2) is 9.63. The first-order valence-corrected chi connectivity index (χ1v) is 7.51. The Labute approximate surface area is 153 Å². The van der Waals surface area contributed by atoms with E-state index in [1.165, 1.54) is 18.2 Å². The van der Waals surface area contributed by atoms with Crippen molar-refractivity contribution in [2.75, 3.05) is 6.54 Å². The summed E-state index contributed by atoms with van der Waals surface area (Å²) in [6.07, 6.45) is 1.65. The van der Waals surface area contributed by atoms with E-state index in [-0.39, 0.29) is 16.5 Å². The number of carboxylic acids is 1. The van der Waals surface area contributed by atoms with Gasteiger partial charge in [0, 0.05) is 23.7 Å². The highest BCUT2D eigenvalue weighted by molar-refractivity contribution is 6.35. The van der Waals surface area contributed by atoms with Crippen molar-refractivity contribution in [3.63, 3.8) is 0 Å². The van der Waals surface area contributed by atoms with Crippen LogP contribution in [0.2, 0.25) is 10.0 Å². The van der Waals surface area contributed by atoms with Gasteiger partial charge in [0.05, 0.1) is 9.95 Å². The van der Waals surface area contributed by atoms with E-state index >= 15 is 0 Å². The number of carbonyl (C=O) groups is 1. The summed E-state index contributed by atoms with van der Waals surface area (Å²) >= 11 is 11.7. The number of hydrogen-bond donors (Lipinski definition) is 2. The highest BCUT2D eigenvalue weighted by Crippen LogP contribution is 2.33. The minimum absolute atomic E-state index is 0.113. The molecule has 0 aliphatic rings. The first-order valence-electron chi connectivity index (χ1n) is 6.75. The van der Waals surface area contributed by atoms with E-state index in [2.05, 4.69) is 6.58 Å². The molecule has 0 amide bonds. The van der Waals surface area contributed by atoms with Gasteiger partial charge in [0.25, 0.3) is 5.69 Å². The summed E-state index contributed by atoms with van der Waals surface area (Å²) in [4.78, 5) is 21.0. The standard InChI is InChI=1S/C13H7Cl2NO5.C3H7N/c14-7-1-4-12(10(15)5-7)21-8-2-3-11(16(19)20)9(6-8)13(17)18;1-2-3-4/h1-6H,(H,17,18);2H,1,3-4H2. The molecule has 0 aliphatic carbocycles. The highest BCUT2D eigenvalue weighted by atomic mass is 35.5. The van der Waals surface area contributed by atoms with Crippen LogP contribution in [0.4, 0.5) is 5.69 Å². The Kier molecular flexibility index (Phi) is 7.87. The Morgan fingerprint density at radius 2 is 1.96 bits per heavy atom. The molecule has 0 atom stereocenters. The van der Waals surface area contributed by atoms with Gasteiger partial charge in [-0.1, -0.05) is 29.3 Å². The predicted octanol–water partition coefficient (Wildman–Crippen LogP) is 4.52. The zero-order chi connectivity index (χ0) is 19.0. The SMILES string of the molecule is C=CCN.O=C(O)c1cc(Oc2ccc(Cl)cc2Cl)ccc1[N+](=O)[O-]. The van der Waals surface area contributed by atoms with Gasteiger partial charge >= 0.3 is 5.97 Å². The molecular formula is C16H14Cl2N2O5. The third-order valence-electron chi connectivity index (χ3n) is 2.68. The van der Waals surface area contributed by atoms with Gasteiger partial charge in [-0.05, 0) is 24.3 Å². The monoisotopic (exact) mass is 384 g/mol. The normalized spacial score (nSPS) is 9.56. The van der Waals surface area contributed by atoms with Crippen LogP contribution >= 0.6 is 23.2 Å². The lowest BCUT2D eigenvalue weighted by Gasteiger charge is -2.08. The summed E-state index contributed by atoms with van der Waals surface area (Å²) in [7, 11) is 0. The topological polar surface area (TPSA) is 116 Å². The maximum absolute atomic E-state index is 11.0. The number of nitro benzene ring substituents is 1. The van der Waals surface area contributed by atoms with E-state index in [1.807, 2.05) is 0 Å². The fourth-order valence-electron chi connectivity index (χ4n) is 1.59. The Hall–Kier alpha value is -2.61. The molecule has 0 aromatic heterocycles. The summed E-state index contributed by atoms with van der Waals surface area (Å²) in [5.41, 5.74) is 3.92. The average molecular weight is 385 g/mol. The molecule has 0 bridgehead atoms. The molecule has 132 valence electrons. The lowest BCUT2D eigenvalue weighted by Crippen LogP contribution is -2.02. The fraction of sp³-hybridized carbons (Fsp3) is 0.0625. The molecule has 9 heteroatoms. The van der Waals surface area contributed by atoms with Crippen LogP contribution < -0.4 is 10.5 Å². The number of nitrogens with zero attached hydrogens (tertiary/aromatic N) is 1.